The number of carbonyl (C=O) groups is 1. The van der Waals surface area contributed by atoms with Crippen molar-refractivity contribution in [1.29, 1.82) is 0 Å². The van der Waals surface area contributed by atoms with Crippen molar-refractivity contribution in [2.45, 2.75) is 52.1 Å². The summed E-state index contributed by atoms with van der Waals surface area (Å²) in [5.41, 5.74) is 5.46. The highest BCUT2D eigenvalue weighted by Gasteiger charge is 2.21. The van der Waals surface area contributed by atoms with Crippen LogP contribution in [-0.4, -0.2) is 17.5 Å². The average molecular weight is 463 g/mol. The van der Waals surface area contributed by atoms with Gasteiger partial charge in [0.25, 0.3) is 0 Å². The van der Waals surface area contributed by atoms with Crippen LogP contribution in [0.3, 0.4) is 0 Å². The van der Waals surface area contributed by atoms with Crippen LogP contribution in [0, 0.1) is 0 Å². The van der Waals surface area contributed by atoms with Crippen LogP contribution < -0.4 is 10.1 Å². The molecule has 0 unspecified atom stereocenters. The van der Waals surface area contributed by atoms with Crippen LogP contribution in [0.2, 0.25) is 5.02 Å². The van der Waals surface area contributed by atoms with Crippen molar-refractivity contribution in [3.63, 3.8) is 0 Å². The fraction of sp³-hybridized carbons (Fsp3) is 0.321. The maximum Gasteiger partial charge on any atom is 0.415 e. The minimum absolute atomic E-state index is 0.0807. The lowest BCUT2D eigenvalue weighted by Crippen LogP contribution is -2.33. The van der Waals surface area contributed by atoms with Gasteiger partial charge in [-0.05, 0) is 58.7 Å². The summed E-state index contributed by atoms with van der Waals surface area (Å²) in [6, 6.07) is 21.9. The number of hydrogen-bond acceptors (Lipinski definition) is 3. The SMILES string of the molecule is CC(C)(C)c1ccc(CN(Cc2cccc(Cl)c2)C(=O)Oc2cccc3c2NCCC3)cc1. The van der Waals surface area contributed by atoms with Crippen molar-refractivity contribution < 1.29 is 9.53 Å². The normalized spacial score (nSPS) is 13.1. The van der Waals surface area contributed by atoms with Crippen molar-refractivity contribution in [2.75, 3.05) is 11.9 Å². The molecule has 4 rings (SSSR count). The van der Waals surface area contributed by atoms with Gasteiger partial charge < -0.3 is 10.1 Å². The second-order valence-electron chi connectivity index (χ2n) is 9.62. The Morgan fingerprint density at radius 2 is 1.73 bits per heavy atom. The zero-order valence-electron chi connectivity index (χ0n) is 19.5. The highest BCUT2D eigenvalue weighted by atomic mass is 35.5. The van der Waals surface area contributed by atoms with Crippen molar-refractivity contribution in [3.8, 4) is 5.75 Å². The first-order valence-corrected chi connectivity index (χ1v) is 11.8. The van der Waals surface area contributed by atoms with Crippen LogP contribution in [0.5, 0.6) is 5.75 Å². The summed E-state index contributed by atoms with van der Waals surface area (Å²) in [4.78, 5) is 15.1. The first-order valence-electron chi connectivity index (χ1n) is 11.5. The molecule has 172 valence electrons. The van der Waals surface area contributed by atoms with Gasteiger partial charge in [0.2, 0.25) is 0 Å². The van der Waals surface area contributed by atoms with Gasteiger partial charge in [0.1, 0.15) is 0 Å². The number of hydrogen-bond donors (Lipinski definition) is 1. The molecule has 0 atom stereocenters. The van der Waals surface area contributed by atoms with E-state index in [9.17, 15) is 4.79 Å². The van der Waals surface area contributed by atoms with E-state index in [1.807, 2.05) is 36.4 Å². The first-order chi connectivity index (χ1) is 15.8. The third-order valence-corrected chi connectivity index (χ3v) is 6.18. The van der Waals surface area contributed by atoms with Crippen LogP contribution in [0.15, 0.2) is 66.7 Å². The molecule has 1 N–H and O–H groups in total. The second kappa shape index (κ2) is 9.88. The molecule has 0 saturated heterocycles. The van der Waals surface area contributed by atoms with Gasteiger partial charge in [-0.2, -0.15) is 0 Å². The molecular formula is C28H31ClN2O2. The summed E-state index contributed by atoms with van der Waals surface area (Å²) in [5.74, 6) is 0.580. The number of carbonyl (C=O) groups excluding carboxylic acids is 1. The molecule has 0 spiro atoms. The van der Waals surface area contributed by atoms with E-state index in [1.54, 1.807) is 4.90 Å². The number of aryl methyl sites for hydroxylation is 1. The molecule has 3 aromatic carbocycles. The zero-order chi connectivity index (χ0) is 23.4. The molecule has 5 heteroatoms. The Morgan fingerprint density at radius 3 is 2.45 bits per heavy atom. The van der Waals surface area contributed by atoms with E-state index >= 15 is 0 Å². The number of ether oxygens (including phenoxy) is 1. The standard InChI is InChI=1S/C28H31ClN2O2/c1-28(2,3)23-14-12-20(13-15-23)18-31(19-21-7-4-10-24(29)17-21)27(32)33-25-11-5-8-22-9-6-16-30-26(22)25/h4-5,7-8,10-15,17,30H,6,9,16,18-19H2,1-3H3. The largest absolute Gasteiger partial charge is 0.415 e. The Labute approximate surface area is 201 Å². The minimum Gasteiger partial charge on any atom is -0.408 e. The molecule has 0 aliphatic carbocycles. The summed E-state index contributed by atoms with van der Waals surface area (Å²) in [5, 5.41) is 4.04. The molecule has 4 nitrogen and oxygen atoms in total. The molecule has 1 amide bonds. The Balaban J connectivity index is 1.57. The summed E-state index contributed by atoms with van der Waals surface area (Å²) in [6.07, 6.45) is 1.69. The summed E-state index contributed by atoms with van der Waals surface area (Å²) in [7, 11) is 0. The summed E-state index contributed by atoms with van der Waals surface area (Å²) < 4.78 is 5.92. The van der Waals surface area contributed by atoms with Gasteiger partial charge in [-0.15, -0.1) is 0 Å². The lowest BCUT2D eigenvalue weighted by molar-refractivity contribution is 0.146. The van der Waals surface area contributed by atoms with Crippen LogP contribution >= 0.6 is 11.6 Å². The maximum absolute atomic E-state index is 13.4. The van der Waals surface area contributed by atoms with Gasteiger partial charge in [-0.3, -0.25) is 4.90 Å². The Hall–Kier alpha value is -2.98. The van der Waals surface area contributed by atoms with Gasteiger partial charge in [0, 0.05) is 24.7 Å². The molecule has 1 aliphatic rings. The smallest absolute Gasteiger partial charge is 0.408 e. The maximum atomic E-state index is 13.4. The van der Waals surface area contributed by atoms with Crippen molar-refractivity contribution >= 4 is 23.4 Å². The molecule has 33 heavy (non-hydrogen) atoms. The lowest BCUT2D eigenvalue weighted by atomic mass is 9.87. The summed E-state index contributed by atoms with van der Waals surface area (Å²) >= 11 is 6.19. The molecule has 1 heterocycles. The monoisotopic (exact) mass is 462 g/mol. The highest BCUT2D eigenvalue weighted by molar-refractivity contribution is 6.30. The number of amides is 1. The third-order valence-electron chi connectivity index (χ3n) is 5.95. The highest BCUT2D eigenvalue weighted by Crippen LogP contribution is 2.32. The van der Waals surface area contributed by atoms with Gasteiger partial charge >= 0.3 is 6.09 Å². The molecule has 0 fully saturated rings. The Kier molecular flexibility index (Phi) is 6.94. The van der Waals surface area contributed by atoms with Crippen LogP contribution in [0.1, 0.15) is 49.4 Å². The first kappa shape index (κ1) is 23.2. The molecule has 0 aromatic heterocycles. The number of benzene rings is 3. The predicted octanol–water partition coefficient (Wildman–Crippen LogP) is 7.20. The van der Waals surface area contributed by atoms with E-state index < -0.39 is 0 Å². The van der Waals surface area contributed by atoms with Gasteiger partial charge in [-0.25, -0.2) is 4.79 Å². The molecule has 0 bridgehead atoms. The molecule has 0 radical (unpaired) electrons. The minimum atomic E-state index is -0.379. The number of halogens is 1. The second-order valence-corrected chi connectivity index (χ2v) is 10.1. The van der Waals surface area contributed by atoms with E-state index in [4.69, 9.17) is 16.3 Å². The number of para-hydroxylation sites is 1. The third kappa shape index (κ3) is 5.88. The number of rotatable bonds is 5. The molecular weight excluding hydrogens is 432 g/mol. The molecule has 0 saturated carbocycles. The van der Waals surface area contributed by atoms with Crippen molar-refractivity contribution in [1.82, 2.24) is 4.90 Å². The van der Waals surface area contributed by atoms with E-state index in [1.165, 1.54) is 11.1 Å². The van der Waals surface area contributed by atoms with Crippen molar-refractivity contribution in [3.05, 3.63) is 94.0 Å². The number of anilines is 1. The number of nitrogens with one attached hydrogen (secondary N) is 1. The average Bonchev–Trinajstić information content (AvgIpc) is 2.79. The van der Waals surface area contributed by atoms with E-state index in [0.29, 0.717) is 23.9 Å². The van der Waals surface area contributed by atoms with Gasteiger partial charge in [0.05, 0.1) is 5.69 Å². The zero-order valence-corrected chi connectivity index (χ0v) is 20.3. The van der Waals surface area contributed by atoms with Gasteiger partial charge in [-0.1, -0.05) is 80.9 Å². The van der Waals surface area contributed by atoms with Crippen LogP contribution in [0.4, 0.5) is 10.5 Å². The molecule has 3 aromatic rings. The number of fused-ring (bicyclic) bond motifs is 1. The lowest BCUT2D eigenvalue weighted by Gasteiger charge is -2.25. The fourth-order valence-corrected chi connectivity index (χ4v) is 4.31. The topological polar surface area (TPSA) is 41.6 Å². The fourth-order valence-electron chi connectivity index (χ4n) is 4.09. The van der Waals surface area contributed by atoms with E-state index in [2.05, 4.69) is 56.4 Å². The molecule has 1 aliphatic heterocycles. The Morgan fingerprint density at radius 1 is 1.00 bits per heavy atom. The van der Waals surface area contributed by atoms with Gasteiger partial charge in [0.15, 0.2) is 5.75 Å². The van der Waals surface area contributed by atoms with Crippen LogP contribution in [0.25, 0.3) is 0 Å². The summed E-state index contributed by atoms with van der Waals surface area (Å²) in [6.45, 7) is 8.31. The Bertz CT molecular complexity index is 1120. The van der Waals surface area contributed by atoms with E-state index in [-0.39, 0.29) is 11.5 Å². The van der Waals surface area contributed by atoms with Crippen LogP contribution in [-0.2, 0) is 24.9 Å². The van der Waals surface area contributed by atoms with Crippen molar-refractivity contribution in [2.24, 2.45) is 0 Å². The quantitative estimate of drug-likeness (QED) is 0.436. The van der Waals surface area contributed by atoms with E-state index in [0.717, 1.165) is 36.2 Å². The number of nitrogens with zero attached hydrogens (tertiary/aromatic N) is 1. The predicted molar refractivity (Wildman–Crippen MR) is 135 cm³/mol.